The molecular weight excluding hydrogens is 252 g/mol. The van der Waals surface area contributed by atoms with Crippen molar-refractivity contribution in [3.8, 4) is 0 Å². The van der Waals surface area contributed by atoms with E-state index in [1.165, 1.54) is 0 Å². The van der Waals surface area contributed by atoms with Gasteiger partial charge in [-0.05, 0) is 32.3 Å². The maximum atomic E-state index is 12.2. The topological polar surface area (TPSA) is 59.8 Å². The molecule has 2 aromatic rings. The van der Waals surface area contributed by atoms with E-state index in [-0.39, 0.29) is 5.91 Å². The van der Waals surface area contributed by atoms with E-state index >= 15 is 0 Å². The molecule has 2 aromatic heterocycles. The highest BCUT2D eigenvalue weighted by Crippen LogP contribution is 2.19. The summed E-state index contributed by atoms with van der Waals surface area (Å²) >= 11 is 0. The van der Waals surface area contributed by atoms with Crippen LogP contribution in [0.5, 0.6) is 0 Å². The van der Waals surface area contributed by atoms with E-state index in [9.17, 15) is 4.79 Å². The van der Waals surface area contributed by atoms with Crippen molar-refractivity contribution in [2.75, 3.05) is 6.54 Å². The van der Waals surface area contributed by atoms with Gasteiger partial charge in [-0.2, -0.15) is 5.10 Å². The zero-order valence-electron chi connectivity index (χ0n) is 12.8. The average Bonchev–Trinajstić information content (AvgIpc) is 2.63. The van der Waals surface area contributed by atoms with Gasteiger partial charge in [0.2, 0.25) is 0 Å². The monoisotopic (exact) mass is 274 g/mol. The molecule has 0 radical (unpaired) electrons. The number of carbonyl (C=O) groups is 1. The summed E-state index contributed by atoms with van der Waals surface area (Å²) in [7, 11) is 1.87. The first-order valence-corrected chi connectivity index (χ1v) is 6.99. The van der Waals surface area contributed by atoms with Crippen LogP contribution in [0.15, 0.2) is 6.07 Å². The summed E-state index contributed by atoms with van der Waals surface area (Å²) in [6, 6.07) is 1.89. The second-order valence-corrected chi connectivity index (χ2v) is 5.64. The van der Waals surface area contributed by atoms with Crippen LogP contribution in [0.2, 0.25) is 0 Å². The first-order valence-electron chi connectivity index (χ1n) is 6.99. The molecule has 0 saturated heterocycles. The van der Waals surface area contributed by atoms with Crippen LogP contribution in [-0.2, 0) is 7.05 Å². The summed E-state index contributed by atoms with van der Waals surface area (Å²) in [5.74, 6) is 0.526. The lowest BCUT2D eigenvalue weighted by atomic mass is 10.1. The highest BCUT2D eigenvalue weighted by atomic mass is 16.1. The van der Waals surface area contributed by atoms with Crippen LogP contribution < -0.4 is 5.32 Å². The molecule has 0 unspecified atom stereocenters. The predicted octanol–water partition coefficient (Wildman–Crippen LogP) is 2.36. The van der Waals surface area contributed by atoms with Gasteiger partial charge >= 0.3 is 0 Å². The Morgan fingerprint density at radius 2 is 2.05 bits per heavy atom. The van der Waals surface area contributed by atoms with Gasteiger partial charge in [-0.15, -0.1) is 0 Å². The van der Waals surface area contributed by atoms with Crippen LogP contribution in [0.4, 0.5) is 0 Å². The lowest BCUT2D eigenvalue weighted by Crippen LogP contribution is -2.26. The van der Waals surface area contributed by atoms with Gasteiger partial charge in [0.15, 0.2) is 5.65 Å². The highest BCUT2D eigenvalue weighted by Gasteiger charge is 2.15. The van der Waals surface area contributed by atoms with E-state index in [1.54, 1.807) is 4.68 Å². The molecule has 0 aromatic carbocycles. The highest BCUT2D eigenvalue weighted by molar-refractivity contribution is 5.98. The van der Waals surface area contributed by atoms with Crippen molar-refractivity contribution in [2.45, 2.75) is 34.1 Å². The van der Waals surface area contributed by atoms with Crippen molar-refractivity contribution in [3.05, 3.63) is 23.0 Å². The lowest BCUT2D eigenvalue weighted by molar-refractivity contribution is 0.0951. The van der Waals surface area contributed by atoms with E-state index in [1.807, 2.05) is 27.0 Å². The fourth-order valence-corrected chi connectivity index (χ4v) is 2.23. The third-order valence-corrected chi connectivity index (χ3v) is 3.44. The van der Waals surface area contributed by atoms with Gasteiger partial charge < -0.3 is 5.32 Å². The molecule has 0 aliphatic carbocycles. The Hall–Kier alpha value is -1.91. The third kappa shape index (κ3) is 2.81. The standard InChI is InChI=1S/C15H22N4O/c1-9(2)6-7-16-15(20)13-8-12-11(4)18-19(5)14(12)17-10(13)3/h8-9H,6-7H2,1-5H3,(H,16,20). The average molecular weight is 274 g/mol. The number of aryl methyl sites for hydroxylation is 3. The number of pyridine rings is 1. The van der Waals surface area contributed by atoms with Gasteiger partial charge in [-0.1, -0.05) is 13.8 Å². The van der Waals surface area contributed by atoms with Gasteiger partial charge in [0, 0.05) is 19.0 Å². The molecule has 0 bridgehead atoms. The van der Waals surface area contributed by atoms with Crippen molar-refractivity contribution >= 4 is 16.9 Å². The van der Waals surface area contributed by atoms with E-state index in [0.29, 0.717) is 18.0 Å². The maximum Gasteiger partial charge on any atom is 0.253 e. The number of nitrogens with zero attached hydrogens (tertiary/aromatic N) is 3. The molecule has 0 spiro atoms. The van der Waals surface area contributed by atoms with Crippen molar-refractivity contribution in [3.63, 3.8) is 0 Å². The molecule has 108 valence electrons. The maximum absolute atomic E-state index is 12.2. The van der Waals surface area contributed by atoms with E-state index < -0.39 is 0 Å². The number of nitrogens with one attached hydrogen (secondary N) is 1. The van der Waals surface area contributed by atoms with Crippen LogP contribution in [0.25, 0.3) is 11.0 Å². The second kappa shape index (κ2) is 5.61. The molecule has 2 heterocycles. The zero-order valence-corrected chi connectivity index (χ0v) is 12.8. The number of aromatic nitrogens is 3. The Kier molecular flexibility index (Phi) is 4.06. The van der Waals surface area contributed by atoms with Crippen molar-refractivity contribution in [2.24, 2.45) is 13.0 Å². The molecule has 1 amide bonds. The minimum absolute atomic E-state index is 0.0548. The van der Waals surface area contributed by atoms with Crippen LogP contribution in [0, 0.1) is 19.8 Å². The molecule has 0 atom stereocenters. The van der Waals surface area contributed by atoms with Gasteiger partial charge in [-0.25, -0.2) is 4.98 Å². The van der Waals surface area contributed by atoms with Crippen LogP contribution in [0.3, 0.4) is 0 Å². The smallest absolute Gasteiger partial charge is 0.253 e. The summed E-state index contributed by atoms with van der Waals surface area (Å²) in [5.41, 5.74) is 3.09. The number of rotatable bonds is 4. The molecule has 1 N–H and O–H groups in total. The summed E-state index contributed by atoms with van der Waals surface area (Å²) in [6.45, 7) is 8.77. The molecule has 0 aliphatic rings. The van der Waals surface area contributed by atoms with Crippen molar-refractivity contribution in [1.82, 2.24) is 20.1 Å². The van der Waals surface area contributed by atoms with E-state index in [0.717, 1.165) is 28.8 Å². The second-order valence-electron chi connectivity index (χ2n) is 5.64. The van der Waals surface area contributed by atoms with Crippen LogP contribution >= 0.6 is 0 Å². The third-order valence-electron chi connectivity index (χ3n) is 3.44. The normalized spacial score (nSPS) is 11.3. The van der Waals surface area contributed by atoms with Gasteiger partial charge in [-0.3, -0.25) is 9.48 Å². The Balaban J connectivity index is 2.27. The molecule has 0 aliphatic heterocycles. The Morgan fingerprint density at radius 3 is 2.70 bits per heavy atom. The molecule has 5 nitrogen and oxygen atoms in total. The first kappa shape index (κ1) is 14.5. The summed E-state index contributed by atoms with van der Waals surface area (Å²) in [6.07, 6.45) is 0.979. The van der Waals surface area contributed by atoms with Gasteiger partial charge in [0.1, 0.15) is 0 Å². The first-order chi connectivity index (χ1) is 9.40. The fraction of sp³-hybridized carbons (Fsp3) is 0.533. The molecular formula is C15H22N4O. The van der Waals surface area contributed by atoms with Crippen LogP contribution in [0.1, 0.15) is 42.0 Å². The zero-order chi connectivity index (χ0) is 14.9. The summed E-state index contributed by atoms with van der Waals surface area (Å²) in [5, 5.41) is 8.23. The molecule has 0 fully saturated rings. The lowest BCUT2D eigenvalue weighted by Gasteiger charge is -2.09. The van der Waals surface area contributed by atoms with Crippen molar-refractivity contribution in [1.29, 1.82) is 0 Å². The SMILES string of the molecule is Cc1nc2c(cc1C(=O)NCCC(C)C)c(C)nn2C. The minimum atomic E-state index is -0.0548. The number of carbonyl (C=O) groups excluding carboxylic acids is 1. The van der Waals surface area contributed by atoms with E-state index in [4.69, 9.17) is 0 Å². The van der Waals surface area contributed by atoms with Gasteiger partial charge in [0.05, 0.1) is 17.0 Å². The van der Waals surface area contributed by atoms with E-state index in [2.05, 4.69) is 29.2 Å². The number of hydrogen-bond donors (Lipinski definition) is 1. The van der Waals surface area contributed by atoms with Gasteiger partial charge in [0.25, 0.3) is 5.91 Å². The Morgan fingerprint density at radius 1 is 1.35 bits per heavy atom. The Labute approximate surface area is 119 Å². The van der Waals surface area contributed by atoms with Crippen molar-refractivity contribution < 1.29 is 4.79 Å². The number of amides is 1. The largest absolute Gasteiger partial charge is 0.352 e. The molecule has 2 rings (SSSR count). The quantitative estimate of drug-likeness (QED) is 0.931. The predicted molar refractivity (Wildman–Crippen MR) is 79.8 cm³/mol. The molecule has 0 saturated carbocycles. The molecule has 20 heavy (non-hydrogen) atoms. The summed E-state index contributed by atoms with van der Waals surface area (Å²) < 4.78 is 1.75. The number of hydrogen-bond acceptors (Lipinski definition) is 3. The fourth-order valence-electron chi connectivity index (χ4n) is 2.23. The Bertz CT molecular complexity index is 643. The number of fused-ring (bicyclic) bond motifs is 1. The summed E-state index contributed by atoms with van der Waals surface area (Å²) in [4.78, 5) is 16.7. The van der Waals surface area contributed by atoms with Crippen LogP contribution in [-0.4, -0.2) is 27.2 Å². The molecule has 5 heteroatoms. The minimum Gasteiger partial charge on any atom is -0.352 e.